The lowest BCUT2D eigenvalue weighted by Crippen LogP contribution is -2.52. The first-order valence-electron chi connectivity index (χ1n) is 11.9. The van der Waals surface area contributed by atoms with Crippen LogP contribution in [0.1, 0.15) is 24.4 Å². The van der Waals surface area contributed by atoms with Crippen LogP contribution < -0.4 is 25.6 Å². The van der Waals surface area contributed by atoms with Crippen LogP contribution in [-0.4, -0.2) is 41.3 Å². The average molecular weight is 522 g/mol. The molecule has 1 saturated heterocycles. The summed E-state index contributed by atoms with van der Waals surface area (Å²) in [5.74, 6) is 1.08. The van der Waals surface area contributed by atoms with Crippen LogP contribution in [0.5, 0.6) is 11.5 Å². The van der Waals surface area contributed by atoms with Crippen LogP contribution >= 0.6 is 23.4 Å². The molecule has 1 fully saturated rings. The quantitative estimate of drug-likeness (QED) is 0.447. The van der Waals surface area contributed by atoms with Gasteiger partial charge in [0.1, 0.15) is 21.8 Å². The number of thioether (sulfide) groups is 1. The number of nitrogens with zero attached hydrogens (tertiary/aromatic N) is 2. The van der Waals surface area contributed by atoms with Gasteiger partial charge < -0.3 is 20.7 Å². The fourth-order valence-corrected chi connectivity index (χ4v) is 6.32. The van der Waals surface area contributed by atoms with Crippen molar-refractivity contribution in [3.8, 4) is 11.5 Å². The lowest BCUT2D eigenvalue weighted by Gasteiger charge is -2.34. The molecule has 3 N–H and O–H groups in total. The van der Waals surface area contributed by atoms with Gasteiger partial charge in [0, 0.05) is 24.3 Å². The lowest BCUT2D eigenvalue weighted by molar-refractivity contribution is -0.121. The van der Waals surface area contributed by atoms with Gasteiger partial charge in [-0.05, 0) is 55.8 Å². The summed E-state index contributed by atoms with van der Waals surface area (Å²) in [5, 5.41) is 10.2. The first-order valence-corrected chi connectivity index (χ1v) is 13.1. The molecule has 3 aliphatic heterocycles. The summed E-state index contributed by atoms with van der Waals surface area (Å²) in [6.07, 6.45) is 3.65. The van der Waals surface area contributed by atoms with E-state index in [-0.39, 0.29) is 18.0 Å². The summed E-state index contributed by atoms with van der Waals surface area (Å²) in [7, 11) is 0. The van der Waals surface area contributed by atoms with E-state index < -0.39 is 11.3 Å². The van der Waals surface area contributed by atoms with Crippen molar-refractivity contribution in [3.05, 3.63) is 71.4 Å². The number of carbonyl (C=O) groups is 2. The maximum atomic E-state index is 13.4. The monoisotopic (exact) mass is 521 g/mol. The zero-order chi connectivity index (χ0) is 24.6. The molecule has 0 saturated carbocycles. The van der Waals surface area contributed by atoms with Crippen LogP contribution in [0.25, 0.3) is 0 Å². The number of halogens is 1. The summed E-state index contributed by atoms with van der Waals surface area (Å²) in [6, 6.07) is 15.7. The van der Waals surface area contributed by atoms with E-state index in [0.29, 0.717) is 27.9 Å². The van der Waals surface area contributed by atoms with E-state index in [9.17, 15) is 9.59 Å². The Labute approximate surface area is 217 Å². The van der Waals surface area contributed by atoms with Gasteiger partial charge in [-0.15, -0.1) is 0 Å². The largest absolute Gasteiger partial charge is 0.456 e. The van der Waals surface area contributed by atoms with Crippen LogP contribution in [0, 0.1) is 0 Å². The third-order valence-electron chi connectivity index (χ3n) is 6.55. The maximum absolute atomic E-state index is 13.4. The molecule has 4 heterocycles. The average Bonchev–Trinajstić information content (AvgIpc) is 3.26. The fraction of sp³-hybridized carbons (Fsp3) is 0.269. The van der Waals surface area contributed by atoms with Crippen molar-refractivity contribution in [2.75, 3.05) is 18.0 Å². The number of para-hydroxylation sites is 1. The van der Waals surface area contributed by atoms with Gasteiger partial charge in [-0.1, -0.05) is 41.6 Å². The van der Waals surface area contributed by atoms with E-state index >= 15 is 0 Å². The Morgan fingerprint density at radius 3 is 2.83 bits per heavy atom. The highest BCUT2D eigenvalue weighted by molar-refractivity contribution is 8.01. The molecule has 3 atom stereocenters. The number of aromatic nitrogens is 1. The Kier molecular flexibility index (Phi) is 6.20. The molecule has 0 radical (unpaired) electrons. The number of hydrogen-bond donors (Lipinski definition) is 3. The molecule has 0 spiro atoms. The number of anilines is 2. The van der Waals surface area contributed by atoms with Crippen LogP contribution in [0.2, 0.25) is 5.02 Å². The van der Waals surface area contributed by atoms with Crippen molar-refractivity contribution in [3.63, 3.8) is 0 Å². The van der Waals surface area contributed by atoms with Gasteiger partial charge in [-0.2, -0.15) is 0 Å². The molecule has 36 heavy (non-hydrogen) atoms. The normalized spacial score (nSPS) is 22.5. The molecule has 0 bridgehead atoms. The second-order valence-corrected chi connectivity index (χ2v) is 10.5. The summed E-state index contributed by atoms with van der Waals surface area (Å²) in [6.45, 7) is 1.73. The Bertz CT molecular complexity index is 1320. The second-order valence-electron chi connectivity index (χ2n) is 8.93. The number of rotatable bonds is 5. The Hall–Kier alpha value is -3.27. The number of nitrogens with one attached hydrogen (secondary N) is 3. The van der Waals surface area contributed by atoms with Crippen LogP contribution in [-0.2, 0) is 4.79 Å². The molecule has 8 nitrogen and oxygen atoms in total. The SMILES string of the molecule is O=C(NC1CCCNC1)[C@@H]1Sc2nccc3c2C1NC(=O)N3c1ccc(Oc2ccccc2)c(Cl)c1. The minimum Gasteiger partial charge on any atom is -0.456 e. The van der Waals surface area contributed by atoms with Gasteiger partial charge in [0.25, 0.3) is 0 Å². The van der Waals surface area contributed by atoms with Crippen molar-refractivity contribution < 1.29 is 14.3 Å². The molecule has 3 amide bonds. The van der Waals surface area contributed by atoms with Crippen LogP contribution in [0.4, 0.5) is 16.2 Å². The maximum Gasteiger partial charge on any atom is 0.327 e. The number of pyridine rings is 1. The third kappa shape index (κ3) is 4.27. The minimum absolute atomic E-state index is 0.0816. The Morgan fingerprint density at radius 1 is 1.19 bits per heavy atom. The zero-order valence-corrected chi connectivity index (χ0v) is 20.8. The zero-order valence-electron chi connectivity index (χ0n) is 19.2. The van der Waals surface area contributed by atoms with E-state index in [1.807, 2.05) is 30.3 Å². The number of benzene rings is 2. The van der Waals surface area contributed by atoms with Crippen molar-refractivity contribution in [2.45, 2.75) is 35.2 Å². The van der Waals surface area contributed by atoms with E-state index in [0.717, 1.165) is 36.5 Å². The number of ether oxygens (including phenoxy) is 1. The number of piperidine rings is 1. The number of urea groups is 1. The fourth-order valence-electron chi connectivity index (χ4n) is 4.87. The van der Waals surface area contributed by atoms with Crippen molar-refractivity contribution in [1.29, 1.82) is 0 Å². The van der Waals surface area contributed by atoms with Crippen molar-refractivity contribution >= 4 is 46.7 Å². The molecule has 184 valence electrons. The van der Waals surface area contributed by atoms with Gasteiger partial charge >= 0.3 is 6.03 Å². The summed E-state index contributed by atoms with van der Waals surface area (Å²) < 4.78 is 5.88. The highest BCUT2D eigenvalue weighted by Crippen LogP contribution is 2.51. The van der Waals surface area contributed by atoms with Gasteiger partial charge in [0.05, 0.1) is 22.4 Å². The predicted molar refractivity (Wildman–Crippen MR) is 139 cm³/mol. The van der Waals surface area contributed by atoms with Gasteiger partial charge in [0.15, 0.2) is 0 Å². The Morgan fingerprint density at radius 2 is 2.06 bits per heavy atom. The number of hydrogen-bond acceptors (Lipinski definition) is 6. The standard InChI is InChI=1S/C26H24ClN5O3S/c27-18-13-16(8-9-20(18)35-17-6-2-1-3-7-17)32-19-10-12-29-25-21(19)22(31-26(32)34)23(36-25)24(33)30-15-5-4-11-28-14-15/h1-3,6-10,12-13,15,22-23,28H,4-5,11,14H2,(H,30,33)(H,31,34)/t15?,22?,23-/m1/s1. The number of amides is 3. The summed E-state index contributed by atoms with van der Waals surface area (Å²) >= 11 is 7.94. The molecule has 2 unspecified atom stereocenters. The van der Waals surface area contributed by atoms with Gasteiger partial charge in [-0.25, -0.2) is 9.78 Å². The molecular formula is C26H24ClN5O3S. The van der Waals surface area contributed by atoms with Crippen LogP contribution in [0.3, 0.4) is 0 Å². The molecule has 0 aliphatic carbocycles. The third-order valence-corrected chi connectivity index (χ3v) is 8.14. The minimum atomic E-state index is -0.480. The topological polar surface area (TPSA) is 95.6 Å². The lowest BCUT2D eigenvalue weighted by atomic mass is 9.99. The molecule has 6 rings (SSSR count). The van der Waals surface area contributed by atoms with E-state index in [1.54, 1.807) is 35.4 Å². The molecular weight excluding hydrogens is 498 g/mol. The van der Waals surface area contributed by atoms with Crippen molar-refractivity contribution in [1.82, 2.24) is 20.9 Å². The number of carbonyl (C=O) groups excluding carboxylic acids is 2. The molecule has 10 heteroatoms. The van der Waals surface area contributed by atoms with E-state index in [1.165, 1.54) is 11.8 Å². The molecule has 3 aromatic rings. The Balaban J connectivity index is 1.27. The molecule has 3 aliphatic rings. The highest BCUT2D eigenvalue weighted by atomic mass is 35.5. The van der Waals surface area contributed by atoms with E-state index in [2.05, 4.69) is 20.9 Å². The first-order chi connectivity index (χ1) is 17.6. The van der Waals surface area contributed by atoms with E-state index in [4.69, 9.17) is 16.3 Å². The molecule has 2 aromatic carbocycles. The summed E-state index contributed by atoms with van der Waals surface area (Å²) in [4.78, 5) is 32.6. The smallest absolute Gasteiger partial charge is 0.327 e. The van der Waals surface area contributed by atoms with Gasteiger partial charge in [-0.3, -0.25) is 9.69 Å². The van der Waals surface area contributed by atoms with Crippen LogP contribution in [0.15, 0.2) is 65.8 Å². The van der Waals surface area contributed by atoms with Gasteiger partial charge in [0.2, 0.25) is 5.91 Å². The predicted octanol–water partition coefficient (Wildman–Crippen LogP) is 4.77. The highest BCUT2D eigenvalue weighted by Gasteiger charge is 2.47. The first kappa shape index (κ1) is 23.1. The van der Waals surface area contributed by atoms with Crippen molar-refractivity contribution in [2.24, 2.45) is 0 Å². The molecule has 1 aromatic heterocycles. The second kappa shape index (κ2) is 9.65. The summed E-state index contributed by atoms with van der Waals surface area (Å²) in [5.41, 5.74) is 2.14.